The van der Waals surface area contributed by atoms with Crippen LogP contribution in [-0.4, -0.2) is 30.4 Å². The van der Waals surface area contributed by atoms with Crippen LogP contribution < -0.4 is 0 Å². The smallest absolute Gasteiger partial charge is 0.113 e. The Morgan fingerprint density at radius 1 is 1.54 bits per heavy atom. The summed E-state index contributed by atoms with van der Waals surface area (Å²) in [6.45, 7) is 5.69. The van der Waals surface area contributed by atoms with Gasteiger partial charge in [-0.1, -0.05) is 20.3 Å². The van der Waals surface area contributed by atoms with Crippen LogP contribution >= 0.6 is 11.8 Å². The molecule has 1 heterocycles. The first-order valence-electron chi connectivity index (χ1n) is 5.09. The van der Waals surface area contributed by atoms with Crippen LogP contribution in [0.15, 0.2) is 0 Å². The molecule has 1 nitrogen and oxygen atoms in total. The van der Waals surface area contributed by atoms with Crippen LogP contribution in [-0.2, 0) is 4.74 Å². The van der Waals surface area contributed by atoms with E-state index in [0.717, 1.165) is 19.6 Å². The van der Waals surface area contributed by atoms with Gasteiger partial charge in [0, 0.05) is 23.5 Å². The number of halogens is 1. The Kier molecular flexibility index (Phi) is 5.10. The molecule has 0 N–H and O–H groups in total. The van der Waals surface area contributed by atoms with Crippen LogP contribution in [0.1, 0.15) is 26.7 Å². The number of hydrogen-bond donors (Lipinski definition) is 0. The predicted octanol–water partition coefficient (Wildman–Crippen LogP) is 2.89. The third-order valence-electron chi connectivity index (χ3n) is 2.55. The van der Waals surface area contributed by atoms with Gasteiger partial charge in [0.15, 0.2) is 0 Å². The maximum Gasteiger partial charge on any atom is 0.113 e. The largest absolute Gasteiger partial charge is 0.380 e. The zero-order chi connectivity index (χ0) is 9.68. The van der Waals surface area contributed by atoms with Crippen molar-refractivity contribution in [3.8, 4) is 0 Å². The molecule has 3 atom stereocenters. The number of unbranched alkanes of at least 4 members (excludes halogenated alkanes) is 1. The van der Waals surface area contributed by atoms with E-state index in [1.165, 1.54) is 6.42 Å². The average Bonchev–Trinajstić information content (AvgIpc) is 2.43. The molecule has 0 spiro atoms. The van der Waals surface area contributed by atoms with Crippen LogP contribution in [0.4, 0.5) is 4.39 Å². The summed E-state index contributed by atoms with van der Waals surface area (Å²) in [6.07, 6.45) is 1.66. The van der Waals surface area contributed by atoms with Crippen molar-refractivity contribution in [1.29, 1.82) is 0 Å². The molecule has 0 bridgehead atoms. The lowest BCUT2D eigenvalue weighted by Crippen LogP contribution is -2.21. The SMILES string of the molecule is CCCCOC[C@H]1SC[C@@H](F)[C@@H]1C. The number of hydrogen-bond acceptors (Lipinski definition) is 2. The molecule has 1 rings (SSSR count). The molecule has 0 unspecified atom stereocenters. The monoisotopic (exact) mass is 206 g/mol. The fraction of sp³-hybridized carbons (Fsp3) is 1.00. The Balaban J connectivity index is 2.08. The Labute approximate surface area is 84.4 Å². The second-order valence-corrected chi connectivity index (χ2v) is 4.95. The molecule has 3 heteroatoms. The Hall–Kier alpha value is 0.240. The molecule has 78 valence electrons. The van der Waals surface area contributed by atoms with Crippen molar-refractivity contribution in [3.05, 3.63) is 0 Å². The standard InChI is InChI=1S/C10H19FOS/c1-3-4-5-12-6-10-8(2)9(11)7-13-10/h8-10H,3-7H2,1-2H3/t8-,9+,10+/m0/s1. The number of thioether (sulfide) groups is 1. The molecule has 0 saturated carbocycles. The van der Waals surface area contributed by atoms with Gasteiger partial charge in [-0.3, -0.25) is 0 Å². The van der Waals surface area contributed by atoms with Gasteiger partial charge >= 0.3 is 0 Å². The van der Waals surface area contributed by atoms with Gasteiger partial charge in [-0.25, -0.2) is 4.39 Å². The van der Waals surface area contributed by atoms with E-state index in [-0.39, 0.29) is 5.92 Å². The van der Waals surface area contributed by atoms with Crippen molar-refractivity contribution in [1.82, 2.24) is 0 Å². The highest BCUT2D eigenvalue weighted by atomic mass is 32.2. The summed E-state index contributed by atoms with van der Waals surface area (Å²) in [5.74, 6) is 0.829. The summed E-state index contributed by atoms with van der Waals surface area (Å²) in [4.78, 5) is 0. The second-order valence-electron chi connectivity index (χ2n) is 3.68. The quantitative estimate of drug-likeness (QED) is 0.640. The highest BCUT2D eigenvalue weighted by Gasteiger charge is 2.33. The van der Waals surface area contributed by atoms with E-state index in [0.29, 0.717) is 11.0 Å². The predicted molar refractivity (Wildman–Crippen MR) is 56.0 cm³/mol. The van der Waals surface area contributed by atoms with E-state index in [4.69, 9.17) is 4.74 Å². The van der Waals surface area contributed by atoms with E-state index >= 15 is 0 Å². The van der Waals surface area contributed by atoms with Crippen LogP contribution in [0.2, 0.25) is 0 Å². The van der Waals surface area contributed by atoms with Crippen LogP contribution in [0.25, 0.3) is 0 Å². The zero-order valence-corrected chi connectivity index (χ0v) is 9.28. The minimum atomic E-state index is -0.621. The van der Waals surface area contributed by atoms with Crippen molar-refractivity contribution in [2.45, 2.75) is 38.1 Å². The first-order valence-corrected chi connectivity index (χ1v) is 6.14. The molecule has 1 fully saturated rings. The lowest BCUT2D eigenvalue weighted by atomic mass is 10.0. The summed E-state index contributed by atoms with van der Waals surface area (Å²) in [7, 11) is 0. The van der Waals surface area contributed by atoms with E-state index in [1.54, 1.807) is 11.8 Å². The topological polar surface area (TPSA) is 9.23 Å². The van der Waals surface area contributed by atoms with Crippen LogP contribution in [0.5, 0.6) is 0 Å². The molecule has 0 radical (unpaired) electrons. The molecular formula is C10H19FOS. The van der Waals surface area contributed by atoms with Gasteiger partial charge in [-0.05, 0) is 6.42 Å². The molecule has 1 aliphatic heterocycles. The summed E-state index contributed by atoms with van der Waals surface area (Å²) < 4.78 is 18.6. The van der Waals surface area contributed by atoms with Gasteiger partial charge < -0.3 is 4.74 Å². The minimum absolute atomic E-state index is 0.173. The van der Waals surface area contributed by atoms with Crippen LogP contribution in [0.3, 0.4) is 0 Å². The summed E-state index contributed by atoms with van der Waals surface area (Å²) in [6, 6.07) is 0. The molecule has 1 aliphatic rings. The second kappa shape index (κ2) is 5.86. The normalized spacial score (nSPS) is 33.9. The van der Waals surface area contributed by atoms with E-state index in [2.05, 4.69) is 6.92 Å². The first kappa shape index (κ1) is 11.3. The van der Waals surface area contributed by atoms with Crippen molar-refractivity contribution < 1.29 is 9.13 Å². The van der Waals surface area contributed by atoms with E-state index < -0.39 is 6.17 Å². The lowest BCUT2D eigenvalue weighted by molar-refractivity contribution is 0.116. The lowest BCUT2D eigenvalue weighted by Gasteiger charge is -2.15. The first-order chi connectivity index (χ1) is 6.25. The van der Waals surface area contributed by atoms with Crippen molar-refractivity contribution in [2.24, 2.45) is 5.92 Å². The van der Waals surface area contributed by atoms with Crippen molar-refractivity contribution in [2.75, 3.05) is 19.0 Å². The molecule has 0 aliphatic carbocycles. The fourth-order valence-corrected chi connectivity index (χ4v) is 2.80. The number of rotatable bonds is 5. The van der Waals surface area contributed by atoms with E-state index in [9.17, 15) is 4.39 Å². The maximum absolute atomic E-state index is 13.1. The number of alkyl halides is 1. The van der Waals surface area contributed by atoms with Crippen LogP contribution in [0, 0.1) is 5.92 Å². The molecule has 0 aromatic carbocycles. The summed E-state index contributed by atoms with van der Waals surface area (Å²) >= 11 is 1.72. The zero-order valence-electron chi connectivity index (χ0n) is 8.46. The van der Waals surface area contributed by atoms with Crippen molar-refractivity contribution >= 4 is 11.8 Å². The molecule has 0 aromatic rings. The van der Waals surface area contributed by atoms with Gasteiger partial charge in [0.2, 0.25) is 0 Å². The minimum Gasteiger partial charge on any atom is -0.380 e. The third-order valence-corrected chi connectivity index (χ3v) is 4.06. The molecule has 0 aromatic heterocycles. The Bertz CT molecular complexity index is 143. The van der Waals surface area contributed by atoms with E-state index in [1.807, 2.05) is 6.92 Å². The Morgan fingerprint density at radius 3 is 2.85 bits per heavy atom. The maximum atomic E-state index is 13.1. The summed E-state index contributed by atoms with van der Waals surface area (Å²) in [5, 5.41) is 0.381. The molecule has 0 amide bonds. The fourth-order valence-electron chi connectivity index (χ4n) is 1.40. The van der Waals surface area contributed by atoms with Gasteiger partial charge in [0.1, 0.15) is 6.17 Å². The average molecular weight is 206 g/mol. The highest BCUT2D eigenvalue weighted by Crippen LogP contribution is 2.34. The molecule has 13 heavy (non-hydrogen) atoms. The van der Waals surface area contributed by atoms with Gasteiger partial charge in [0.25, 0.3) is 0 Å². The molecular weight excluding hydrogens is 187 g/mol. The summed E-state index contributed by atoms with van der Waals surface area (Å²) in [5.41, 5.74) is 0. The molecule has 1 saturated heterocycles. The van der Waals surface area contributed by atoms with Gasteiger partial charge in [-0.2, -0.15) is 11.8 Å². The highest BCUT2D eigenvalue weighted by molar-refractivity contribution is 8.00. The number of ether oxygens (including phenoxy) is 1. The van der Waals surface area contributed by atoms with Crippen molar-refractivity contribution in [3.63, 3.8) is 0 Å². The van der Waals surface area contributed by atoms with Gasteiger partial charge in [0.05, 0.1) is 6.61 Å². The Morgan fingerprint density at radius 2 is 2.31 bits per heavy atom. The van der Waals surface area contributed by atoms with Gasteiger partial charge in [-0.15, -0.1) is 0 Å². The third kappa shape index (κ3) is 3.47.